The van der Waals surface area contributed by atoms with Crippen molar-refractivity contribution < 1.29 is 18.0 Å². The second-order valence-electron chi connectivity index (χ2n) is 3.74. The van der Waals surface area contributed by atoms with Crippen LogP contribution in [0.15, 0.2) is 47.6 Å². The fraction of sp³-hybridized carbons (Fsp3) is 0.0714. The zero-order valence-electron chi connectivity index (χ0n) is 9.74. The highest BCUT2D eigenvalue weighted by molar-refractivity contribution is 5.78. The second-order valence-corrected chi connectivity index (χ2v) is 3.74. The highest BCUT2D eigenvalue weighted by Crippen LogP contribution is 2.09. The van der Waals surface area contributed by atoms with E-state index in [2.05, 4.69) is 11.4 Å². The molecule has 0 saturated carbocycles. The Morgan fingerprint density at radius 3 is 2.58 bits per heavy atom. The summed E-state index contributed by atoms with van der Waals surface area (Å²) in [5.74, 6) is -2.27. The van der Waals surface area contributed by atoms with Crippen molar-refractivity contribution in [2.75, 3.05) is 0 Å². The monoisotopic (exact) mass is 264 g/mol. The van der Waals surface area contributed by atoms with Crippen molar-refractivity contribution in [2.45, 2.75) is 6.61 Å². The fourth-order valence-corrected chi connectivity index (χ4v) is 1.38. The van der Waals surface area contributed by atoms with Gasteiger partial charge in [0.25, 0.3) is 0 Å². The minimum atomic E-state index is -0.945. The molecule has 0 heterocycles. The van der Waals surface area contributed by atoms with Gasteiger partial charge >= 0.3 is 0 Å². The van der Waals surface area contributed by atoms with Crippen LogP contribution in [0.2, 0.25) is 0 Å². The molecule has 0 unspecified atom stereocenters. The summed E-state index contributed by atoms with van der Waals surface area (Å²) >= 11 is 0. The molecule has 0 bridgehead atoms. The van der Waals surface area contributed by atoms with Crippen molar-refractivity contribution in [3.63, 3.8) is 0 Å². The Balaban J connectivity index is 1.91. The van der Waals surface area contributed by atoms with Crippen LogP contribution in [0.4, 0.5) is 13.2 Å². The number of hydrogen-bond donors (Lipinski definition) is 0. The van der Waals surface area contributed by atoms with Gasteiger partial charge in [-0.15, -0.1) is 0 Å². The van der Waals surface area contributed by atoms with E-state index < -0.39 is 17.5 Å². The second kappa shape index (κ2) is 6.04. The maximum Gasteiger partial charge on any atom is 0.159 e. The molecule has 0 aliphatic heterocycles. The van der Waals surface area contributed by atoms with Crippen LogP contribution in [0.3, 0.4) is 0 Å². The molecule has 97 valence electrons. The van der Waals surface area contributed by atoms with Crippen molar-refractivity contribution in [2.24, 2.45) is 5.16 Å². The van der Waals surface area contributed by atoms with Gasteiger partial charge in [0.15, 0.2) is 11.6 Å². The van der Waals surface area contributed by atoms with Gasteiger partial charge in [0, 0.05) is 5.56 Å². The van der Waals surface area contributed by atoms with Crippen LogP contribution in [0.1, 0.15) is 11.1 Å². The van der Waals surface area contributed by atoms with E-state index in [-0.39, 0.29) is 6.61 Å². The van der Waals surface area contributed by atoms with Gasteiger partial charge < -0.3 is 4.84 Å². The van der Waals surface area contributed by atoms with Crippen LogP contribution in [0.5, 0.6) is 0 Å². The van der Waals surface area contributed by atoms with E-state index in [1.165, 1.54) is 24.3 Å². The first-order valence-corrected chi connectivity index (χ1v) is 5.42. The molecule has 2 nitrogen and oxygen atoms in total. The molecule has 0 amide bonds. The first kappa shape index (κ1) is 13.1. The van der Waals surface area contributed by atoms with E-state index in [9.17, 15) is 13.2 Å². The van der Waals surface area contributed by atoms with Gasteiger partial charge in [-0.1, -0.05) is 23.4 Å². The number of halogens is 3. The Kier molecular flexibility index (Phi) is 4.18. The van der Waals surface area contributed by atoms with Crippen LogP contribution in [-0.4, -0.2) is 6.21 Å². The molecule has 0 aliphatic carbocycles. The van der Waals surface area contributed by atoms with Gasteiger partial charge in [-0.05, 0) is 29.8 Å². The first-order chi connectivity index (χ1) is 9.15. The lowest BCUT2D eigenvalue weighted by Crippen LogP contribution is -1.92. The Morgan fingerprint density at radius 2 is 1.84 bits per heavy atom. The van der Waals surface area contributed by atoms with Crippen molar-refractivity contribution in [1.29, 1.82) is 0 Å². The summed E-state index contributed by atoms with van der Waals surface area (Å²) in [4.78, 5) is 4.86. The zero-order chi connectivity index (χ0) is 13.7. The maximum atomic E-state index is 12.9. The van der Waals surface area contributed by atoms with Crippen LogP contribution >= 0.6 is 0 Å². The first-order valence-electron chi connectivity index (χ1n) is 5.42. The summed E-state index contributed by atoms with van der Waals surface area (Å²) in [7, 11) is 0. The van der Waals surface area contributed by atoms with E-state index in [1.54, 1.807) is 6.07 Å². The molecule has 0 aliphatic rings. The lowest BCUT2D eigenvalue weighted by Gasteiger charge is -2.00. The average molecular weight is 264 g/mol. The normalized spacial score (nSPS) is 10.9. The molecule has 0 saturated heterocycles. The molecular weight excluding hydrogens is 255 g/mol. The van der Waals surface area contributed by atoms with Crippen LogP contribution in [-0.2, 0) is 11.4 Å². The van der Waals surface area contributed by atoms with Gasteiger partial charge in [0.2, 0.25) is 0 Å². The molecule has 1 radical (unpaired) electrons. The largest absolute Gasteiger partial charge is 0.390 e. The van der Waals surface area contributed by atoms with Crippen molar-refractivity contribution in [3.8, 4) is 0 Å². The molecule has 0 atom stereocenters. The highest BCUT2D eigenvalue weighted by atomic mass is 19.2. The number of hydrogen-bond acceptors (Lipinski definition) is 2. The molecule has 0 spiro atoms. The van der Waals surface area contributed by atoms with Crippen LogP contribution in [0.25, 0.3) is 0 Å². The van der Waals surface area contributed by atoms with Gasteiger partial charge in [-0.25, -0.2) is 13.2 Å². The summed E-state index contributed by atoms with van der Waals surface area (Å²) in [6.07, 6.45) is 2.48. The molecule has 2 aromatic carbocycles. The van der Waals surface area contributed by atoms with Gasteiger partial charge in [0.05, 0.1) is 0 Å². The summed E-state index contributed by atoms with van der Waals surface area (Å²) in [6.45, 7) is -0.0283. The predicted molar refractivity (Wildman–Crippen MR) is 64.1 cm³/mol. The van der Waals surface area contributed by atoms with E-state index in [0.29, 0.717) is 11.1 Å². The van der Waals surface area contributed by atoms with E-state index >= 15 is 0 Å². The van der Waals surface area contributed by atoms with Crippen molar-refractivity contribution in [1.82, 2.24) is 0 Å². The Morgan fingerprint density at radius 1 is 1.00 bits per heavy atom. The average Bonchev–Trinajstić information content (AvgIpc) is 2.39. The van der Waals surface area contributed by atoms with Crippen molar-refractivity contribution >= 4 is 6.21 Å². The van der Waals surface area contributed by atoms with Gasteiger partial charge in [-0.3, -0.25) is 0 Å². The number of nitrogens with zero attached hydrogens (tertiary/aromatic N) is 1. The summed E-state index contributed by atoms with van der Waals surface area (Å²) in [5, 5.41) is 3.50. The number of rotatable bonds is 4. The molecule has 2 rings (SSSR count). The zero-order valence-corrected chi connectivity index (χ0v) is 9.74. The molecule has 0 aromatic heterocycles. The van der Waals surface area contributed by atoms with Gasteiger partial charge in [0.1, 0.15) is 18.6 Å². The minimum absolute atomic E-state index is 0.0283. The fourth-order valence-electron chi connectivity index (χ4n) is 1.38. The van der Waals surface area contributed by atoms with E-state index in [0.717, 1.165) is 12.1 Å². The number of benzene rings is 2. The third-order valence-electron chi connectivity index (χ3n) is 2.28. The summed E-state index contributed by atoms with van der Waals surface area (Å²) in [5.41, 5.74) is 0.856. The predicted octanol–water partition coefficient (Wildman–Crippen LogP) is 3.53. The lowest BCUT2D eigenvalue weighted by atomic mass is 10.2. The van der Waals surface area contributed by atoms with E-state index in [1.807, 2.05) is 0 Å². The standard InChI is InChI=1S/C14H9F3NO/c15-12-3-1-2-10(6-12)8-18-19-9-11-4-5-13(16)14(17)7-11/h1-7H,9H2. The van der Waals surface area contributed by atoms with E-state index in [4.69, 9.17) is 4.84 Å². The van der Waals surface area contributed by atoms with Crippen LogP contribution < -0.4 is 0 Å². The molecular formula is C14H9F3NO. The SMILES string of the molecule is Fc1cccc(/[C]=N\OCc2ccc(F)c(F)c2)c1. The van der Waals surface area contributed by atoms with Gasteiger partial charge in [-0.2, -0.15) is 0 Å². The summed E-state index contributed by atoms with van der Waals surface area (Å²) in [6, 6.07) is 9.07. The van der Waals surface area contributed by atoms with Crippen molar-refractivity contribution in [3.05, 3.63) is 71.0 Å². The molecule has 2 aromatic rings. The quantitative estimate of drug-likeness (QED) is 0.611. The highest BCUT2D eigenvalue weighted by Gasteiger charge is 2.02. The lowest BCUT2D eigenvalue weighted by molar-refractivity contribution is 0.132. The molecule has 0 N–H and O–H groups in total. The topological polar surface area (TPSA) is 21.6 Å². The maximum absolute atomic E-state index is 12.9. The Hall–Kier alpha value is -2.30. The minimum Gasteiger partial charge on any atom is -0.390 e. The molecule has 5 heteroatoms. The Bertz CT molecular complexity index is 599. The summed E-state index contributed by atoms with van der Waals surface area (Å²) < 4.78 is 38.4. The Labute approximate surface area is 108 Å². The molecule has 19 heavy (non-hydrogen) atoms. The van der Waals surface area contributed by atoms with Crippen LogP contribution in [0, 0.1) is 17.5 Å². The smallest absolute Gasteiger partial charge is 0.159 e. The third-order valence-corrected chi connectivity index (χ3v) is 2.28. The molecule has 0 fully saturated rings. The third kappa shape index (κ3) is 3.84.